The molecule has 57 heavy (non-hydrogen) atoms. The normalized spacial score (nSPS) is 19.5. The maximum atomic E-state index is 14.8. The van der Waals surface area contributed by atoms with Crippen molar-refractivity contribution in [3.8, 4) is 17.2 Å². The molecule has 1 saturated heterocycles. The number of nitriles is 1. The molecule has 1 fully saturated rings. The molecule has 0 amide bonds. The van der Waals surface area contributed by atoms with Gasteiger partial charge in [-0.25, -0.2) is 13.2 Å². The van der Waals surface area contributed by atoms with Gasteiger partial charge in [-0.15, -0.1) is 0 Å². The first kappa shape index (κ1) is 40.1. The minimum Gasteiger partial charge on any atom is -0.463 e. The number of nitrogens with zero attached hydrogens (tertiary/aromatic N) is 3. The number of aromatic nitrogens is 1. The summed E-state index contributed by atoms with van der Waals surface area (Å²) in [6.07, 6.45) is 1.63. The van der Waals surface area contributed by atoms with Crippen molar-refractivity contribution in [1.29, 1.82) is 5.26 Å². The summed E-state index contributed by atoms with van der Waals surface area (Å²) in [7, 11) is -4.34. The zero-order valence-corrected chi connectivity index (χ0v) is 33.5. The summed E-state index contributed by atoms with van der Waals surface area (Å²) < 4.78 is 56.3. The van der Waals surface area contributed by atoms with E-state index in [9.17, 15) is 28.1 Å². The third kappa shape index (κ3) is 6.88. The van der Waals surface area contributed by atoms with E-state index in [4.69, 9.17) is 18.9 Å². The van der Waals surface area contributed by atoms with Crippen LogP contribution < -0.4 is 5.56 Å². The van der Waals surface area contributed by atoms with Crippen LogP contribution in [0.5, 0.6) is 0 Å². The topological polar surface area (TPSA) is 154 Å². The van der Waals surface area contributed by atoms with E-state index in [1.807, 2.05) is 42.5 Å². The lowest BCUT2D eigenvalue weighted by Crippen LogP contribution is -2.53. The fourth-order valence-corrected chi connectivity index (χ4v) is 9.76. The van der Waals surface area contributed by atoms with Crippen molar-refractivity contribution in [2.24, 2.45) is 5.41 Å². The van der Waals surface area contributed by atoms with E-state index >= 15 is 0 Å². The molecule has 4 heterocycles. The van der Waals surface area contributed by atoms with Crippen LogP contribution in [0.1, 0.15) is 81.3 Å². The van der Waals surface area contributed by atoms with Gasteiger partial charge >= 0.3 is 11.9 Å². The summed E-state index contributed by atoms with van der Waals surface area (Å²) in [4.78, 5) is 43.2. The molecule has 3 aromatic carbocycles. The lowest BCUT2D eigenvalue weighted by Gasteiger charge is -2.44. The van der Waals surface area contributed by atoms with Crippen LogP contribution in [-0.2, 0) is 69.5 Å². The van der Waals surface area contributed by atoms with Gasteiger partial charge in [0.15, 0.2) is 0 Å². The molecule has 2 atom stereocenters. The van der Waals surface area contributed by atoms with Crippen LogP contribution in [0.4, 0.5) is 0 Å². The Balaban J connectivity index is 1.31. The van der Waals surface area contributed by atoms with E-state index in [2.05, 4.69) is 13.8 Å². The maximum absolute atomic E-state index is 14.8. The predicted octanol–water partition coefficient (Wildman–Crippen LogP) is 6.32. The first-order valence-electron chi connectivity index (χ1n) is 19.5. The molecule has 1 spiro atoms. The predicted molar refractivity (Wildman–Crippen MR) is 210 cm³/mol. The van der Waals surface area contributed by atoms with Gasteiger partial charge in [0.1, 0.15) is 17.7 Å². The molecule has 3 aliphatic rings. The van der Waals surface area contributed by atoms with Gasteiger partial charge in [0, 0.05) is 36.9 Å². The Bertz CT molecular complexity index is 2370. The van der Waals surface area contributed by atoms with Gasteiger partial charge in [0.25, 0.3) is 5.56 Å². The summed E-state index contributed by atoms with van der Waals surface area (Å²) in [6, 6.07) is 25.2. The SMILES string of the molecule is CCOC(=O)C(CC)(OC(=O)[C@H]1Cc2ccccc2CN1S(=O)(=O)c1ccc(-c2ccccc2)cc1)c1cc2n(c(=O)c1C#N)CCC21OCC(CC)(CC)CO1. The lowest BCUT2D eigenvalue weighted by molar-refractivity contribution is -0.313. The summed E-state index contributed by atoms with van der Waals surface area (Å²) >= 11 is 0. The molecular weight excluding hydrogens is 747 g/mol. The van der Waals surface area contributed by atoms with Crippen molar-refractivity contribution < 1.29 is 37.0 Å². The highest BCUT2D eigenvalue weighted by molar-refractivity contribution is 7.89. The average Bonchev–Trinajstić information content (AvgIpc) is 3.60. The minimum absolute atomic E-state index is 0.0298. The number of rotatable bonds is 11. The summed E-state index contributed by atoms with van der Waals surface area (Å²) in [5.41, 5.74) is -0.309. The number of benzene rings is 3. The Morgan fingerprint density at radius 1 is 0.912 bits per heavy atom. The largest absolute Gasteiger partial charge is 0.463 e. The molecule has 1 aromatic heterocycles. The van der Waals surface area contributed by atoms with Crippen molar-refractivity contribution >= 4 is 22.0 Å². The van der Waals surface area contributed by atoms with E-state index in [1.165, 1.54) is 22.8 Å². The molecule has 13 heteroatoms. The maximum Gasteiger partial charge on any atom is 0.355 e. The highest BCUT2D eigenvalue weighted by Gasteiger charge is 2.54. The number of sulfonamides is 1. The quantitative estimate of drug-likeness (QED) is 0.158. The van der Waals surface area contributed by atoms with E-state index in [0.29, 0.717) is 30.9 Å². The Morgan fingerprint density at radius 3 is 2.16 bits per heavy atom. The summed E-state index contributed by atoms with van der Waals surface area (Å²) in [5.74, 6) is -3.37. The van der Waals surface area contributed by atoms with Crippen molar-refractivity contribution in [1.82, 2.24) is 8.87 Å². The van der Waals surface area contributed by atoms with Gasteiger partial charge in [-0.2, -0.15) is 9.57 Å². The van der Waals surface area contributed by atoms with Gasteiger partial charge in [0.2, 0.25) is 21.4 Å². The Morgan fingerprint density at radius 2 is 1.54 bits per heavy atom. The van der Waals surface area contributed by atoms with Crippen LogP contribution >= 0.6 is 0 Å². The molecule has 0 radical (unpaired) electrons. The monoisotopic (exact) mass is 793 g/mol. The fourth-order valence-electron chi connectivity index (χ4n) is 8.21. The van der Waals surface area contributed by atoms with Crippen LogP contribution in [0.2, 0.25) is 0 Å². The fraction of sp³-hybridized carbons (Fsp3) is 0.409. The summed E-state index contributed by atoms with van der Waals surface area (Å²) in [5, 5.41) is 10.5. The van der Waals surface area contributed by atoms with Crippen molar-refractivity contribution in [2.75, 3.05) is 19.8 Å². The van der Waals surface area contributed by atoms with Gasteiger partial charge < -0.3 is 23.5 Å². The Kier molecular flexibility index (Phi) is 11.0. The lowest BCUT2D eigenvalue weighted by atomic mass is 9.82. The third-order valence-electron chi connectivity index (χ3n) is 12.0. The van der Waals surface area contributed by atoms with Crippen LogP contribution in [0, 0.1) is 16.7 Å². The number of carbonyl (C=O) groups is 2. The smallest absolute Gasteiger partial charge is 0.355 e. The van der Waals surface area contributed by atoms with Gasteiger partial charge in [-0.1, -0.05) is 87.5 Å². The molecule has 298 valence electrons. The Labute approximate surface area is 333 Å². The Hall–Kier alpha value is -5.13. The van der Waals surface area contributed by atoms with Crippen LogP contribution in [-0.4, -0.2) is 55.1 Å². The molecule has 1 unspecified atom stereocenters. The second kappa shape index (κ2) is 15.7. The first-order chi connectivity index (χ1) is 27.4. The zero-order valence-electron chi connectivity index (χ0n) is 32.7. The minimum atomic E-state index is -4.34. The highest BCUT2D eigenvalue weighted by atomic mass is 32.2. The van der Waals surface area contributed by atoms with E-state index in [0.717, 1.165) is 33.8 Å². The number of ether oxygens (including phenoxy) is 4. The standard InChI is InChI=1S/C44H47N3O9S/c1-5-42(6-2)28-54-44(55-29-42)22-23-46-38(44)25-36(35(26-45)39(46)48)43(7-3,41(50)53-8-4)56-40(49)37-24-32-16-12-13-17-33(32)27-47(37)57(51,52)34-20-18-31(19-21-34)30-14-10-9-11-15-30/h9-21,25,37H,5-8,22-24,27-29H2,1-4H3/t37-,43?/m1/s1. The second-order valence-corrected chi connectivity index (χ2v) is 16.8. The van der Waals surface area contributed by atoms with Crippen LogP contribution in [0.25, 0.3) is 11.1 Å². The number of carbonyl (C=O) groups excluding carboxylic acids is 2. The summed E-state index contributed by atoms with van der Waals surface area (Å²) in [6.45, 7) is 8.01. The number of pyridine rings is 1. The van der Waals surface area contributed by atoms with Gasteiger partial charge in [-0.3, -0.25) is 9.59 Å². The number of esters is 2. The number of hydrogen-bond acceptors (Lipinski definition) is 10. The van der Waals surface area contributed by atoms with E-state index in [1.54, 1.807) is 44.2 Å². The van der Waals surface area contributed by atoms with Gasteiger partial charge in [-0.05, 0) is 66.6 Å². The van der Waals surface area contributed by atoms with Gasteiger partial charge in [0.05, 0.1) is 30.4 Å². The molecule has 12 nitrogen and oxygen atoms in total. The molecular formula is C44H47N3O9S. The molecule has 7 rings (SSSR count). The zero-order chi connectivity index (χ0) is 40.6. The third-order valence-corrected chi connectivity index (χ3v) is 13.9. The number of hydrogen-bond donors (Lipinski definition) is 0. The second-order valence-electron chi connectivity index (χ2n) is 14.9. The van der Waals surface area contributed by atoms with Crippen molar-refractivity contribution in [3.05, 3.63) is 123 Å². The van der Waals surface area contributed by atoms with Crippen LogP contribution in [0.15, 0.2) is 94.6 Å². The molecule has 0 bridgehead atoms. The van der Waals surface area contributed by atoms with E-state index < -0.39 is 50.5 Å². The van der Waals surface area contributed by atoms with Crippen molar-refractivity contribution in [2.45, 2.75) is 95.2 Å². The molecule has 0 aliphatic carbocycles. The molecule has 0 N–H and O–H groups in total. The molecule has 0 saturated carbocycles. The van der Waals surface area contributed by atoms with Crippen LogP contribution in [0.3, 0.4) is 0 Å². The first-order valence-corrected chi connectivity index (χ1v) is 21.0. The molecule has 3 aliphatic heterocycles. The molecule has 4 aromatic rings. The van der Waals surface area contributed by atoms with E-state index in [-0.39, 0.29) is 48.4 Å². The highest BCUT2D eigenvalue weighted by Crippen LogP contribution is 2.47. The number of fused-ring (bicyclic) bond motifs is 3. The van der Waals surface area contributed by atoms with Crippen molar-refractivity contribution in [3.63, 3.8) is 0 Å². The average molecular weight is 794 g/mol.